The average molecular weight is 365 g/mol. The van der Waals surface area contributed by atoms with Crippen LogP contribution in [0.1, 0.15) is 37.0 Å². The monoisotopic (exact) mass is 365 g/mol. The van der Waals surface area contributed by atoms with Gasteiger partial charge in [0, 0.05) is 11.7 Å². The predicted octanol–water partition coefficient (Wildman–Crippen LogP) is 3.40. The number of imidazole rings is 1. The minimum Gasteiger partial charge on any atom is -0.449 e. The van der Waals surface area contributed by atoms with E-state index in [0.29, 0.717) is 11.1 Å². The van der Waals surface area contributed by atoms with Crippen molar-refractivity contribution < 1.29 is 14.3 Å². The molecule has 1 atom stereocenters. The van der Waals surface area contributed by atoms with Crippen LogP contribution >= 0.6 is 0 Å². The molecule has 0 saturated carbocycles. The summed E-state index contributed by atoms with van der Waals surface area (Å²) < 4.78 is 7.32. The normalized spacial score (nSPS) is 12.2. The third-order valence-corrected chi connectivity index (χ3v) is 4.16. The van der Waals surface area contributed by atoms with Crippen LogP contribution in [0, 0.1) is 6.92 Å². The SMILES string of the molecule is Cc1nc2cc(C(=O)OC(C)C(=O)NC(C)C)ccc2n1-c1ccccc1. The Kier molecular flexibility index (Phi) is 5.26. The summed E-state index contributed by atoms with van der Waals surface area (Å²) in [4.78, 5) is 28.9. The summed E-state index contributed by atoms with van der Waals surface area (Å²) in [6.45, 7) is 7.18. The first-order valence-corrected chi connectivity index (χ1v) is 8.92. The lowest BCUT2D eigenvalue weighted by atomic mass is 10.2. The molecule has 140 valence electrons. The van der Waals surface area contributed by atoms with E-state index in [9.17, 15) is 9.59 Å². The van der Waals surface area contributed by atoms with Gasteiger partial charge in [-0.25, -0.2) is 9.78 Å². The van der Waals surface area contributed by atoms with Gasteiger partial charge in [0.2, 0.25) is 0 Å². The first-order chi connectivity index (χ1) is 12.9. The van der Waals surface area contributed by atoms with Gasteiger partial charge in [-0.1, -0.05) is 18.2 Å². The van der Waals surface area contributed by atoms with Crippen molar-refractivity contribution in [1.82, 2.24) is 14.9 Å². The number of nitrogens with zero attached hydrogens (tertiary/aromatic N) is 2. The van der Waals surface area contributed by atoms with Gasteiger partial charge in [-0.15, -0.1) is 0 Å². The third-order valence-electron chi connectivity index (χ3n) is 4.16. The molecule has 27 heavy (non-hydrogen) atoms. The van der Waals surface area contributed by atoms with E-state index in [1.54, 1.807) is 19.1 Å². The van der Waals surface area contributed by atoms with Gasteiger partial charge in [0.15, 0.2) is 6.10 Å². The molecule has 0 radical (unpaired) electrons. The van der Waals surface area contributed by atoms with E-state index in [-0.39, 0.29) is 11.9 Å². The molecule has 0 bridgehead atoms. The van der Waals surface area contributed by atoms with E-state index >= 15 is 0 Å². The van der Waals surface area contributed by atoms with Crippen LogP contribution in [0.3, 0.4) is 0 Å². The lowest BCUT2D eigenvalue weighted by Crippen LogP contribution is -2.39. The van der Waals surface area contributed by atoms with Crippen molar-refractivity contribution in [1.29, 1.82) is 0 Å². The number of ether oxygens (including phenoxy) is 1. The lowest BCUT2D eigenvalue weighted by Gasteiger charge is -2.15. The fourth-order valence-electron chi connectivity index (χ4n) is 2.91. The zero-order valence-electron chi connectivity index (χ0n) is 15.9. The van der Waals surface area contributed by atoms with Crippen molar-refractivity contribution in [2.75, 3.05) is 0 Å². The van der Waals surface area contributed by atoms with Gasteiger partial charge in [0.1, 0.15) is 5.82 Å². The number of hydrogen-bond donors (Lipinski definition) is 1. The second-order valence-corrected chi connectivity index (χ2v) is 6.74. The molecular weight excluding hydrogens is 342 g/mol. The Bertz CT molecular complexity index is 977. The molecule has 0 saturated heterocycles. The number of nitrogens with one attached hydrogen (secondary N) is 1. The van der Waals surface area contributed by atoms with Gasteiger partial charge in [0.05, 0.1) is 16.6 Å². The Morgan fingerprint density at radius 1 is 1.07 bits per heavy atom. The third kappa shape index (κ3) is 4.00. The summed E-state index contributed by atoms with van der Waals surface area (Å²) in [7, 11) is 0. The number of rotatable bonds is 5. The Hall–Kier alpha value is -3.15. The maximum Gasteiger partial charge on any atom is 0.338 e. The number of hydrogen-bond acceptors (Lipinski definition) is 4. The van der Waals surface area contributed by atoms with Gasteiger partial charge < -0.3 is 10.1 Å². The van der Waals surface area contributed by atoms with Crippen molar-refractivity contribution in [2.24, 2.45) is 0 Å². The number of benzene rings is 2. The van der Waals surface area contributed by atoms with Gasteiger partial charge in [0.25, 0.3) is 5.91 Å². The van der Waals surface area contributed by atoms with Crippen molar-refractivity contribution in [2.45, 2.75) is 39.8 Å². The Morgan fingerprint density at radius 3 is 2.44 bits per heavy atom. The summed E-state index contributed by atoms with van der Waals surface area (Å²) >= 11 is 0. The summed E-state index contributed by atoms with van der Waals surface area (Å²) in [6, 6.07) is 15.1. The van der Waals surface area contributed by atoms with Crippen molar-refractivity contribution in [3.8, 4) is 5.69 Å². The highest BCUT2D eigenvalue weighted by atomic mass is 16.5. The van der Waals surface area contributed by atoms with Crippen LogP contribution < -0.4 is 5.32 Å². The zero-order valence-corrected chi connectivity index (χ0v) is 15.9. The van der Waals surface area contributed by atoms with E-state index < -0.39 is 12.1 Å². The van der Waals surface area contributed by atoms with Crippen molar-refractivity contribution in [3.05, 3.63) is 59.9 Å². The molecule has 1 amide bonds. The highest BCUT2D eigenvalue weighted by molar-refractivity contribution is 5.95. The van der Waals surface area contributed by atoms with E-state index in [4.69, 9.17) is 4.74 Å². The van der Waals surface area contributed by atoms with Gasteiger partial charge in [-0.05, 0) is 58.0 Å². The molecule has 6 heteroatoms. The molecule has 1 unspecified atom stereocenters. The number of aromatic nitrogens is 2. The number of esters is 1. The second-order valence-electron chi connectivity index (χ2n) is 6.74. The average Bonchev–Trinajstić information content (AvgIpc) is 2.96. The molecule has 0 aliphatic carbocycles. The maximum absolute atomic E-state index is 12.4. The van der Waals surface area contributed by atoms with Crippen LogP contribution in [0.25, 0.3) is 16.7 Å². The molecule has 0 fully saturated rings. The fourth-order valence-corrected chi connectivity index (χ4v) is 2.91. The van der Waals surface area contributed by atoms with Gasteiger partial charge in [-0.3, -0.25) is 9.36 Å². The number of amides is 1. The molecule has 0 spiro atoms. The number of para-hydroxylation sites is 1. The Morgan fingerprint density at radius 2 is 1.78 bits per heavy atom. The number of aryl methyl sites for hydroxylation is 1. The number of carbonyl (C=O) groups is 2. The zero-order chi connectivity index (χ0) is 19.6. The molecule has 1 heterocycles. The quantitative estimate of drug-likeness (QED) is 0.703. The Labute approximate surface area is 158 Å². The largest absolute Gasteiger partial charge is 0.449 e. The van der Waals surface area contributed by atoms with Crippen molar-refractivity contribution in [3.63, 3.8) is 0 Å². The number of fused-ring (bicyclic) bond motifs is 1. The smallest absolute Gasteiger partial charge is 0.338 e. The highest BCUT2D eigenvalue weighted by Gasteiger charge is 2.20. The van der Waals surface area contributed by atoms with Crippen LogP contribution in [0.15, 0.2) is 48.5 Å². The maximum atomic E-state index is 12.4. The predicted molar refractivity (Wildman–Crippen MR) is 104 cm³/mol. The second kappa shape index (κ2) is 7.61. The standard InChI is InChI=1S/C21H23N3O3/c1-13(2)22-20(25)14(3)27-21(26)16-10-11-19-18(12-16)23-15(4)24(19)17-8-6-5-7-9-17/h5-14H,1-4H3,(H,22,25). The topological polar surface area (TPSA) is 73.2 Å². The summed E-state index contributed by atoms with van der Waals surface area (Å²) in [5.74, 6) is -0.0368. The molecule has 0 aliphatic heterocycles. The van der Waals surface area contributed by atoms with E-state index in [2.05, 4.69) is 10.3 Å². The summed E-state index contributed by atoms with van der Waals surface area (Å²) in [5.41, 5.74) is 2.97. The van der Waals surface area contributed by atoms with Crippen LogP contribution in [0.5, 0.6) is 0 Å². The van der Waals surface area contributed by atoms with Crippen LogP contribution in [0.2, 0.25) is 0 Å². The van der Waals surface area contributed by atoms with E-state index in [0.717, 1.165) is 17.0 Å². The van der Waals surface area contributed by atoms with Crippen LogP contribution in [0.4, 0.5) is 0 Å². The molecule has 0 aliphatic rings. The molecule has 2 aromatic carbocycles. The van der Waals surface area contributed by atoms with Gasteiger partial charge in [-0.2, -0.15) is 0 Å². The highest BCUT2D eigenvalue weighted by Crippen LogP contribution is 2.22. The first kappa shape index (κ1) is 18.6. The molecule has 6 nitrogen and oxygen atoms in total. The number of carbonyl (C=O) groups excluding carboxylic acids is 2. The van der Waals surface area contributed by atoms with E-state index in [1.807, 2.05) is 61.7 Å². The van der Waals surface area contributed by atoms with Crippen molar-refractivity contribution >= 4 is 22.9 Å². The summed E-state index contributed by atoms with van der Waals surface area (Å²) in [6.07, 6.45) is -0.862. The van der Waals surface area contributed by atoms with E-state index in [1.165, 1.54) is 0 Å². The summed E-state index contributed by atoms with van der Waals surface area (Å²) in [5, 5.41) is 2.73. The molecule has 1 N–H and O–H groups in total. The fraction of sp³-hybridized carbons (Fsp3) is 0.286. The van der Waals surface area contributed by atoms with Crippen LogP contribution in [-0.4, -0.2) is 33.6 Å². The molecular formula is C21H23N3O3. The minimum absolute atomic E-state index is 0.0140. The first-order valence-electron chi connectivity index (χ1n) is 8.92. The lowest BCUT2D eigenvalue weighted by molar-refractivity contribution is -0.129. The minimum atomic E-state index is -0.862. The molecule has 1 aromatic heterocycles. The Balaban J connectivity index is 1.85. The molecule has 3 aromatic rings. The van der Waals surface area contributed by atoms with Gasteiger partial charge >= 0.3 is 5.97 Å². The molecule has 3 rings (SSSR count). The van der Waals surface area contributed by atoms with Crippen LogP contribution in [-0.2, 0) is 9.53 Å².